The fraction of sp³-hybridized carbons (Fsp3) is 0.455. The number of halogens is 3. The molecule has 0 amide bonds. The first-order valence-corrected chi connectivity index (χ1v) is 6.69. The standard InChI is InChI=1S/C11H13F3O4S/c1-8(18-19(15,16)11(12,13)14)7-9-3-5-10(17-2)6-4-9/h3-6,8H,7H2,1-2H3. The van der Waals surface area contributed by atoms with Gasteiger partial charge in [-0.05, 0) is 31.0 Å². The highest BCUT2D eigenvalue weighted by Crippen LogP contribution is 2.26. The Morgan fingerprint density at radius 2 is 1.74 bits per heavy atom. The Hall–Kier alpha value is -1.28. The van der Waals surface area contributed by atoms with Gasteiger partial charge in [-0.15, -0.1) is 0 Å². The van der Waals surface area contributed by atoms with Crippen molar-refractivity contribution in [1.82, 2.24) is 0 Å². The van der Waals surface area contributed by atoms with Crippen molar-refractivity contribution in [2.75, 3.05) is 7.11 Å². The van der Waals surface area contributed by atoms with Gasteiger partial charge in [-0.1, -0.05) is 12.1 Å². The Labute approximate surface area is 109 Å². The average Bonchev–Trinajstić information content (AvgIpc) is 2.27. The largest absolute Gasteiger partial charge is 0.523 e. The highest BCUT2D eigenvalue weighted by Gasteiger charge is 2.48. The van der Waals surface area contributed by atoms with Crippen LogP contribution in [0.1, 0.15) is 12.5 Å². The lowest BCUT2D eigenvalue weighted by atomic mass is 10.1. The van der Waals surface area contributed by atoms with Crippen molar-refractivity contribution >= 4 is 10.1 Å². The van der Waals surface area contributed by atoms with Crippen LogP contribution in [0, 0.1) is 0 Å². The predicted octanol–water partition coefficient (Wildman–Crippen LogP) is 2.49. The number of rotatable bonds is 5. The highest BCUT2D eigenvalue weighted by molar-refractivity contribution is 7.87. The molecular formula is C11H13F3O4S. The Balaban J connectivity index is 2.67. The van der Waals surface area contributed by atoms with Crippen molar-refractivity contribution in [1.29, 1.82) is 0 Å². The topological polar surface area (TPSA) is 52.6 Å². The molecule has 0 spiro atoms. The van der Waals surface area contributed by atoms with Crippen molar-refractivity contribution in [2.45, 2.75) is 25.0 Å². The molecule has 0 saturated heterocycles. The van der Waals surface area contributed by atoms with Gasteiger partial charge in [0.25, 0.3) is 0 Å². The van der Waals surface area contributed by atoms with Crippen LogP contribution in [0.5, 0.6) is 5.75 Å². The van der Waals surface area contributed by atoms with E-state index in [0.717, 1.165) is 0 Å². The number of alkyl halides is 3. The van der Waals surface area contributed by atoms with E-state index >= 15 is 0 Å². The molecule has 0 radical (unpaired) electrons. The van der Waals surface area contributed by atoms with Gasteiger partial charge in [0.2, 0.25) is 0 Å². The van der Waals surface area contributed by atoms with Crippen molar-refractivity contribution in [2.24, 2.45) is 0 Å². The molecule has 1 aromatic rings. The third-order valence-electron chi connectivity index (χ3n) is 2.26. The fourth-order valence-corrected chi connectivity index (χ4v) is 2.01. The van der Waals surface area contributed by atoms with Crippen LogP contribution in [-0.2, 0) is 20.7 Å². The van der Waals surface area contributed by atoms with Crippen molar-refractivity contribution in [3.63, 3.8) is 0 Å². The summed E-state index contributed by atoms with van der Waals surface area (Å²) in [7, 11) is -4.07. The summed E-state index contributed by atoms with van der Waals surface area (Å²) in [6, 6.07) is 6.50. The van der Waals surface area contributed by atoms with Gasteiger partial charge in [0, 0.05) is 0 Å². The summed E-state index contributed by atoms with van der Waals surface area (Å²) in [5, 5.41) is 0. The Bertz CT molecular complexity index is 508. The van der Waals surface area contributed by atoms with Gasteiger partial charge in [-0.2, -0.15) is 21.6 Å². The van der Waals surface area contributed by atoms with Crippen LogP contribution in [0.25, 0.3) is 0 Å². The van der Waals surface area contributed by atoms with Crippen molar-refractivity contribution in [3.8, 4) is 5.75 Å². The van der Waals surface area contributed by atoms with Gasteiger partial charge in [-0.25, -0.2) is 0 Å². The number of benzene rings is 1. The Morgan fingerprint density at radius 1 is 1.21 bits per heavy atom. The molecule has 0 aromatic heterocycles. The highest BCUT2D eigenvalue weighted by atomic mass is 32.2. The summed E-state index contributed by atoms with van der Waals surface area (Å²) in [6.45, 7) is 1.26. The fourth-order valence-electron chi connectivity index (χ4n) is 1.40. The van der Waals surface area contributed by atoms with E-state index < -0.39 is 21.7 Å². The van der Waals surface area contributed by atoms with Gasteiger partial charge in [0.15, 0.2) is 0 Å². The Kier molecular flexibility index (Phi) is 4.81. The molecule has 0 aliphatic rings. The lowest BCUT2D eigenvalue weighted by Crippen LogP contribution is -2.29. The SMILES string of the molecule is COc1ccc(CC(C)OS(=O)(=O)C(F)(F)F)cc1. The normalized spacial score (nSPS) is 14.2. The monoisotopic (exact) mass is 298 g/mol. The van der Waals surface area contributed by atoms with Gasteiger partial charge >= 0.3 is 15.6 Å². The number of hydrogen-bond donors (Lipinski definition) is 0. The lowest BCUT2D eigenvalue weighted by Gasteiger charge is -2.14. The average molecular weight is 298 g/mol. The maximum Gasteiger partial charge on any atom is 0.523 e. The molecule has 1 unspecified atom stereocenters. The maximum absolute atomic E-state index is 12.1. The molecule has 4 nitrogen and oxygen atoms in total. The molecule has 0 fully saturated rings. The van der Waals surface area contributed by atoms with E-state index in [0.29, 0.717) is 11.3 Å². The maximum atomic E-state index is 12.1. The minimum absolute atomic E-state index is 0.0410. The van der Waals surface area contributed by atoms with Crippen LogP contribution >= 0.6 is 0 Å². The zero-order chi connectivity index (χ0) is 14.7. The molecule has 1 aromatic carbocycles. The minimum Gasteiger partial charge on any atom is -0.497 e. The van der Waals surface area contributed by atoms with Crippen LogP contribution < -0.4 is 4.74 Å². The first-order chi connectivity index (χ1) is 8.65. The number of ether oxygens (including phenoxy) is 1. The Morgan fingerprint density at radius 3 is 2.16 bits per heavy atom. The van der Waals surface area contributed by atoms with E-state index in [-0.39, 0.29) is 6.42 Å². The molecule has 1 rings (SSSR count). The van der Waals surface area contributed by atoms with E-state index in [1.807, 2.05) is 0 Å². The summed E-state index contributed by atoms with van der Waals surface area (Å²) >= 11 is 0. The summed E-state index contributed by atoms with van der Waals surface area (Å²) in [5.41, 5.74) is -4.76. The smallest absolute Gasteiger partial charge is 0.497 e. The van der Waals surface area contributed by atoms with Crippen LogP contribution in [0.2, 0.25) is 0 Å². The first-order valence-electron chi connectivity index (χ1n) is 5.28. The predicted molar refractivity (Wildman–Crippen MR) is 62.2 cm³/mol. The van der Waals surface area contributed by atoms with Crippen LogP contribution in [0.15, 0.2) is 24.3 Å². The summed E-state index contributed by atoms with van der Waals surface area (Å²) in [6.07, 6.45) is -1.07. The van der Waals surface area contributed by atoms with E-state index in [2.05, 4.69) is 4.18 Å². The molecule has 1 atom stereocenters. The summed E-state index contributed by atoms with van der Waals surface area (Å²) in [4.78, 5) is 0. The third kappa shape index (κ3) is 4.39. The molecule has 0 bridgehead atoms. The number of methoxy groups -OCH3 is 1. The first kappa shape index (κ1) is 15.8. The third-order valence-corrected chi connectivity index (χ3v) is 3.41. The van der Waals surface area contributed by atoms with Gasteiger partial charge in [0.1, 0.15) is 5.75 Å². The molecule has 0 aliphatic carbocycles. The quantitative estimate of drug-likeness (QED) is 0.619. The molecular weight excluding hydrogens is 285 g/mol. The second-order valence-electron chi connectivity index (χ2n) is 3.86. The minimum atomic E-state index is -5.55. The van der Waals surface area contributed by atoms with E-state index in [1.54, 1.807) is 24.3 Å². The van der Waals surface area contributed by atoms with E-state index in [9.17, 15) is 21.6 Å². The van der Waals surface area contributed by atoms with E-state index in [1.165, 1.54) is 14.0 Å². The molecule has 19 heavy (non-hydrogen) atoms. The zero-order valence-electron chi connectivity index (χ0n) is 10.3. The van der Waals surface area contributed by atoms with E-state index in [4.69, 9.17) is 4.74 Å². The summed E-state index contributed by atoms with van der Waals surface area (Å²) < 4.78 is 66.9. The van der Waals surface area contributed by atoms with Gasteiger partial charge in [0.05, 0.1) is 13.2 Å². The molecule has 8 heteroatoms. The summed E-state index contributed by atoms with van der Waals surface area (Å²) in [5.74, 6) is 0.597. The number of hydrogen-bond acceptors (Lipinski definition) is 4. The van der Waals surface area contributed by atoms with Gasteiger partial charge in [-0.3, -0.25) is 4.18 Å². The van der Waals surface area contributed by atoms with Crippen LogP contribution in [0.3, 0.4) is 0 Å². The lowest BCUT2D eigenvalue weighted by molar-refractivity contribution is -0.0567. The van der Waals surface area contributed by atoms with Crippen LogP contribution in [0.4, 0.5) is 13.2 Å². The van der Waals surface area contributed by atoms with Crippen LogP contribution in [-0.4, -0.2) is 27.1 Å². The van der Waals surface area contributed by atoms with Crippen molar-refractivity contribution < 1.29 is 30.5 Å². The molecule has 0 saturated carbocycles. The molecule has 0 aliphatic heterocycles. The molecule has 108 valence electrons. The second-order valence-corrected chi connectivity index (χ2v) is 5.42. The van der Waals surface area contributed by atoms with Gasteiger partial charge < -0.3 is 4.74 Å². The molecule has 0 heterocycles. The van der Waals surface area contributed by atoms with Crippen molar-refractivity contribution in [3.05, 3.63) is 29.8 Å². The molecule has 0 N–H and O–H groups in total. The zero-order valence-corrected chi connectivity index (χ0v) is 11.1. The second kappa shape index (κ2) is 5.79.